The molecule has 0 aromatic rings. The summed E-state index contributed by atoms with van der Waals surface area (Å²) in [6.45, 7) is 6.59. The molecule has 0 heterocycles. The molecule has 1 rings (SSSR count). The summed E-state index contributed by atoms with van der Waals surface area (Å²) in [6.07, 6.45) is 7.61. The van der Waals surface area contributed by atoms with Crippen molar-refractivity contribution in [1.29, 1.82) is 0 Å². The van der Waals surface area contributed by atoms with E-state index in [0.29, 0.717) is 0 Å². The van der Waals surface area contributed by atoms with Crippen LogP contribution < -0.4 is 0 Å². The minimum absolute atomic E-state index is 0.830. The molecule has 15 heavy (non-hydrogen) atoms. The molecule has 88 valence electrons. The van der Waals surface area contributed by atoms with Crippen LogP contribution in [0.2, 0.25) is 19.6 Å². The highest BCUT2D eigenvalue weighted by Crippen LogP contribution is 2.27. The Morgan fingerprint density at radius 1 is 1.00 bits per heavy atom. The lowest BCUT2D eigenvalue weighted by Gasteiger charge is -2.22. The van der Waals surface area contributed by atoms with Crippen LogP contribution in [-0.4, -0.2) is 15.4 Å². The summed E-state index contributed by atoms with van der Waals surface area (Å²) in [4.78, 5) is 0. The van der Waals surface area contributed by atoms with E-state index in [1.54, 1.807) is 7.11 Å². The molecule has 0 radical (unpaired) electrons. The van der Waals surface area contributed by atoms with Crippen LogP contribution in [0.15, 0.2) is 11.5 Å². The lowest BCUT2D eigenvalue weighted by Crippen LogP contribution is -2.26. The van der Waals surface area contributed by atoms with E-state index in [-0.39, 0.29) is 0 Å². The van der Waals surface area contributed by atoms with Crippen molar-refractivity contribution in [3.63, 3.8) is 0 Å². The second-order valence-corrected chi connectivity index (χ2v) is 9.65. The van der Waals surface area contributed by atoms with E-state index in [4.69, 9.17) is 9.16 Å². The molecular formula is C12H24O2Si. The first kappa shape index (κ1) is 12.6. The highest BCUT2D eigenvalue weighted by Gasteiger charge is 2.21. The number of hydrogen-bond acceptors (Lipinski definition) is 2. The predicted molar refractivity (Wildman–Crippen MR) is 66.2 cm³/mol. The van der Waals surface area contributed by atoms with E-state index in [9.17, 15) is 0 Å². The first-order valence-corrected chi connectivity index (χ1v) is 9.39. The number of methoxy groups -OCH3 is 1. The van der Waals surface area contributed by atoms with Gasteiger partial charge in [0, 0.05) is 5.57 Å². The first-order chi connectivity index (χ1) is 7.03. The zero-order valence-corrected chi connectivity index (χ0v) is 11.6. The third-order valence-electron chi connectivity index (χ3n) is 2.58. The maximum atomic E-state index is 5.98. The van der Waals surface area contributed by atoms with E-state index in [0.717, 1.165) is 18.8 Å². The molecule has 0 unspecified atom stereocenters. The molecule has 1 saturated carbocycles. The molecule has 1 aliphatic rings. The summed E-state index contributed by atoms with van der Waals surface area (Å²) in [5.41, 5.74) is 1.40. The van der Waals surface area contributed by atoms with E-state index in [2.05, 4.69) is 19.6 Å². The van der Waals surface area contributed by atoms with Gasteiger partial charge in [-0.2, -0.15) is 0 Å². The van der Waals surface area contributed by atoms with Gasteiger partial charge in [0.1, 0.15) is 0 Å². The molecule has 0 N–H and O–H groups in total. The summed E-state index contributed by atoms with van der Waals surface area (Å²) < 4.78 is 11.4. The zero-order chi connectivity index (χ0) is 11.3. The van der Waals surface area contributed by atoms with Crippen molar-refractivity contribution in [3.8, 4) is 0 Å². The fourth-order valence-electron chi connectivity index (χ4n) is 1.90. The molecule has 0 aromatic carbocycles. The predicted octanol–water partition coefficient (Wildman–Crippen LogP) is 4.05. The molecule has 0 saturated heterocycles. The van der Waals surface area contributed by atoms with Crippen molar-refractivity contribution in [2.75, 3.05) is 7.11 Å². The third kappa shape index (κ3) is 4.73. The summed E-state index contributed by atoms with van der Waals surface area (Å²) in [6, 6.07) is 0. The van der Waals surface area contributed by atoms with Gasteiger partial charge in [0.25, 0.3) is 5.95 Å². The highest BCUT2D eigenvalue weighted by atomic mass is 28.4. The Balaban J connectivity index is 2.71. The van der Waals surface area contributed by atoms with Crippen molar-refractivity contribution in [1.82, 2.24) is 0 Å². The van der Waals surface area contributed by atoms with E-state index in [1.807, 2.05) is 0 Å². The minimum atomic E-state index is -1.52. The van der Waals surface area contributed by atoms with Gasteiger partial charge in [0.2, 0.25) is 8.32 Å². The van der Waals surface area contributed by atoms with Gasteiger partial charge in [-0.15, -0.1) is 0 Å². The average molecular weight is 228 g/mol. The molecule has 1 fully saturated rings. The third-order valence-corrected chi connectivity index (χ3v) is 3.38. The SMILES string of the molecule is COC(O[Si](C)(C)C)=C1CCCCCC1. The van der Waals surface area contributed by atoms with Crippen molar-refractivity contribution in [3.05, 3.63) is 11.5 Å². The van der Waals surface area contributed by atoms with Crippen LogP contribution in [-0.2, 0) is 9.16 Å². The Hall–Kier alpha value is -0.443. The molecule has 0 atom stereocenters. The second kappa shape index (κ2) is 5.59. The molecule has 0 spiro atoms. The van der Waals surface area contributed by atoms with Crippen LogP contribution in [0.5, 0.6) is 0 Å². The van der Waals surface area contributed by atoms with Gasteiger partial charge >= 0.3 is 0 Å². The monoisotopic (exact) mass is 228 g/mol. The van der Waals surface area contributed by atoms with Crippen LogP contribution in [0, 0.1) is 0 Å². The fraction of sp³-hybridized carbons (Fsp3) is 0.833. The van der Waals surface area contributed by atoms with Gasteiger partial charge in [0.05, 0.1) is 7.11 Å². The number of hydrogen-bond donors (Lipinski definition) is 0. The molecule has 0 aliphatic heterocycles. The van der Waals surface area contributed by atoms with Crippen molar-refractivity contribution >= 4 is 8.32 Å². The minimum Gasteiger partial charge on any atom is -0.520 e. The second-order valence-electron chi connectivity index (χ2n) is 5.22. The Bertz CT molecular complexity index is 218. The molecule has 0 aromatic heterocycles. The number of allylic oxidation sites excluding steroid dienone is 1. The van der Waals surface area contributed by atoms with Gasteiger partial charge in [-0.1, -0.05) is 12.8 Å². The lowest BCUT2D eigenvalue weighted by molar-refractivity contribution is 0.139. The van der Waals surface area contributed by atoms with Gasteiger partial charge in [-0.25, -0.2) is 0 Å². The van der Waals surface area contributed by atoms with Gasteiger partial charge < -0.3 is 9.16 Å². The molecule has 0 bridgehead atoms. The van der Waals surface area contributed by atoms with E-state index >= 15 is 0 Å². The quantitative estimate of drug-likeness (QED) is 0.412. The average Bonchev–Trinajstić information content (AvgIpc) is 2.40. The Morgan fingerprint density at radius 3 is 1.93 bits per heavy atom. The molecular weight excluding hydrogens is 204 g/mol. The molecule has 0 amide bonds. The Morgan fingerprint density at radius 2 is 1.53 bits per heavy atom. The summed E-state index contributed by atoms with van der Waals surface area (Å²) in [5, 5.41) is 0. The first-order valence-electron chi connectivity index (χ1n) is 5.98. The van der Waals surface area contributed by atoms with Crippen LogP contribution in [0.25, 0.3) is 0 Å². The zero-order valence-electron chi connectivity index (χ0n) is 10.6. The normalized spacial score (nSPS) is 18.3. The van der Waals surface area contributed by atoms with Crippen LogP contribution in [0.4, 0.5) is 0 Å². The van der Waals surface area contributed by atoms with Crippen molar-refractivity contribution in [2.24, 2.45) is 0 Å². The van der Waals surface area contributed by atoms with E-state index in [1.165, 1.54) is 31.3 Å². The molecule has 1 aliphatic carbocycles. The number of rotatable bonds is 3. The van der Waals surface area contributed by atoms with Gasteiger partial charge in [-0.3, -0.25) is 0 Å². The number of ether oxygens (including phenoxy) is 1. The lowest BCUT2D eigenvalue weighted by atomic mass is 10.1. The van der Waals surface area contributed by atoms with Crippen LogP contribution >= 0.6 is 0 Å². The maximum Gasteiger partial charge on any atom is 0.264 e. The molecule has 3 heteroatoms. The Kier molecular flexibility index (Phi) is 4.70. The maximum absolute atomic E-state index is 5.98. The van der Waals surface area contributed by atoms with E-state index < -0.39 is 8.32 Å². The highest BCUT2D eigenvalue weighted by molar-refractivity contribution is 6.70. The standard InChI is InChI=1S/C12H24O2Si/c1-13-12(14-15(2,3)4)11-9-7-5-6-8-10-11/h5-10H2,1-4H3. The largest absolute Gasteiger partial charge is 0.520 e. The summed E-state index contributed by atoms with van der Waals surface area (Å²) in [5.74, 6) is 0.830. The van der Waals surface area contributed by atoms with Gasteiger partial charge in [0.15, 0.2) is 0 Å². The summed E-state index contributed by atoms with van der Waals surface area (Å²) >= 11 is 0. The van der Waals surface area contributed by atoms with Crippen molar-refractivity contribution in [2.45, 2.75) is 58.2 Å². The van der Waals surface area contributed by atoms with Crippen molar-refractivity contribution < 1.29 is 9.16 Å². The smallest absolute Gasteiger partial charge is 0.264 e. The topological polar surface area (TPSA) is 18.5 Å². The van der Waals surface area contributed by atoms with Crippen LogP contribution in [0.1, 0.15) is 38.5 Å². The van der Waals surface area contributed by atoms with Crippen LogP contribution in [0.3, 0.4) is 0 Å². The fourth-order valence-corrected chi connectivity index (χ4v) is 2.68. The molecule has 2 nitrogen and oxygen atoms in total. The Labute approximate surface area is 94.8 Å². The van der Waals surface area contributed by atoms with Gasteiger partial charge in [-0.05, 0) is 45.3 Å². The summed E-state index contributed by atoms with van der Waals surface area (Å²) in [7, 11) is 0.205.